The third-order valence-corrected chi connectivity index (χ3v) is 1.49. The number of halogens is 3. The molecular weight excluding hydrogens is 181 g/mol. The van der Waals surface area contributed by atoms with Crippen molar-refractivity contribution in [1.29, 1.82) is 0 Å². The van der Waals surface area contributed by atoms with Crippen LogP contribution in [-0.4, -0.2) is 18.4 Å². The van der Waals surface area contributed by atoms with Gasteiger partial charge in [0, 0.05) is 0 Å². The minimum Gasteiger partial charge on any atom is -0.366 e. The molecule has 0 spiro atoms. The van der Waals surface area contributed by atoms with Gasteiger partial charge in [0.2, 0.25) is 0 Å². The van der Waals surface area contributed by atoms with Gasteiger partial charge >= 0.3 is 6.18 Å². The molecule has 0 aliphatic heterocycles. The number of hydrogen-bond acceptors (Lipinski definition) is 1. The smallest absolute Gasteiger partial charge is 0.366 e. The highest BCUT2D eigenvalue weighted by Crippen LogP contribution is 2.28. The molecule has 0 N–H and O–H groups in total. The first kappa shape index (κ1) is 12.8. The maximum absolute atomic E-state index is 12.3. The molecule has 1 atom stereocenters. The zero-order chi connectivity index (χ0) is 10.6. The van der Waals surface area contributed by atoms with E-state index in [0.717, 1.165) is 0 Å². The standard InChI is InChI=1S/C9H17F3O/c1-6(2)5-8(9(10,11)12)13-7(3)4/h6-8H,5H2,1-4H3. The van der Waals surface area contributed by atoms with E-state index in [1.54, 1.807) is 27.7 Å². The fourth-order valence-corrected chi connectivity index (χ4v) is 1.02. The van der Waals surface area contributed by atoms with Gasteiger partial charge in [0.05, 0.1) is 6.10 Å². The summed E-state index contributed by atoms with van der Waals surface area (Å²) in [5.41, 5.74) is 0. The summed E-state index contributed by atoms with van der Waals surface area (Å²) in [6.07, 6.45) is -6.21. The predicted molar refractivity (Wildman–Crippen MR) is 45.5 cm³/mol. The molecule has 0 saturated carbocycles. The third kappa shape index (κ3) is 5.91. The number of rotatable bonds is 4. The molecule has 0 heterocycles. The van der Waals surface area contributed by atoms with Crippen molar-refractivity contribution in [2.24, 2.45) is 5.92 Å². The molecule has 0 radical (unpaired) electrons. The molecule has 1 unspecified atom stereocenters. The van der Waals surface area contributed by atoms with E-state index in [0.29, 0.717) is 0 Å². The van der Waals surface area contributed by atoms with Gasteiger partial charge in [0.25, 0.3) is 0 Å². The van der Waals surface area contributed by atoms with Gasteiger partial charge in [-0.3, -0.25) is 0 Å². The maximum atomic E-state index is 12.3. The Morgan fingerprint density at radius 2 is 1.54 bits per heavy atom. The molecule has 0 rings (SSSR count). The average molecular weight is 198 g/mol. The molecule has 0 aromatic rings. The number of hydrogen-bond donors (Lipinski definition) is 0. The van der Waals surface area contributed by atoms with Crippen LogP contribution in [0.15, 0.2) is 0 Å². The number of ether oxygens (including phenoxy) is 1. The van der Waals surface area contributed by atoms with E-state index in [1.165, 1.54) is 0 Å². The van der Waals surface area contributed by atoms with Crippen LogP contribution in [0.3, 0.4) is 0 Å². The summed E-state index contributed by atoms with van der Waals surface area (Å²) in [4.78, 5) is 0. The summed E-state index contributed by atoms with van der Waals surface area (Å²) >= 11 is 0. The van der Waals surface area contributed by atoms with E-state index in [2.05, 4.69) is 0 Å². The first-order valence-electron chi connectivity index (χ1n) is 4.45. The molecule has 0 amide bonds. The summed E-state index contributed by atoms with van der Waals surface area (Å²) in [6.45, 7) is 6.73. The fourth-order valence-electron chi connectivity index (χ4n) is 1.02. The Morgan fingerprint density at radius 3 is 1.77 bits per heavy atom. The molecule has 0 aromatic carbocycles. The van der Waals surface area contributed by atoms with Crippen LogP contribution in [0.4, 0.5) is 13.2 Å². The quantitative estimate of drug-likeness (QED) is 0.672. The van der Waals surface area contributed by atoms with Crippen LogP contribution in [-0.2, 0) is 4.74 Å². The molecule has 0 aromatic heterocycles. The highest BCUT2D eigenvalue weighted by atomic mass is 19.4. The Morgan fingerprint density at radius 1 is 1.08 bits per heavy atom. The zero-order valence-corrected chi connectivity index (χ0v) is 8.48. The van der Waals surface area contributed by atoms with Crippen molar-refractivity contribution in [3.05, 3.63) is 0 Å². The lowest BCUT2D eigenvalue weighted by Gasteiger charge is -2.24. The monoisotopic (exact) mass is 198 g/mol. The molecular formula is C9H17F3O. The normalized spacial score (nSPS) is 15.5. The molecule has 0 aliphatic carbocycles. The minimum atomic E-state index is -4.24. The highest BCUT2D eigenvalue weighted by Gasteiger charge is 2.41. The topological polar surface area (TPSA) is 9.23 Å². The van der Waals surface area contributed by atoms with E-state index in [4.69, 9.17) is 4.74 Å². The van der Waals surface area contributed by atoms with Crippen LogP contribution >= 0.6 is 0 Å². The second-order valence-electron chi connectivity index (χ2n) is 3.84. The fraction of sp³-hybridized carbons (Fsp3) is 1.00. The van der Waals surface area contributed by atoms with E-state index in [9.17, 15) is 13.2 Å². The Hall–Kier alpha value is -0.250. The molecule has 0 fully saturated rings. The second kappa shape index (κ2) is 4.84. The highest BCUT2D eigenvalue weighted by molar-refractivity contribution is 4.70. The molecule has 0 bridgehead atoms. The lowest BCUT2D eigenvalue weighted by Crippen LogP contribution is -2.35. The summed E-state index contributed by atoms with van der Waals surface area (Å²) in [5, 5.41) is 0. The van der Waals surface area contributed by atoms with Crippen LogP contribution in [0.1, 0.15) is 34.1 Å². The van der Waals surface area contributed by atoms with Gasteiger partial charge in [-0.25, -0.2) is 0 Å². The molecule has 13 heavy (non-hydrogen) atoms. The largest absolute Gasteiger partial charge is 0.414 e. The maximum Gasteiger partial charge on any atom is 0.414 e. The van der Waals surface area contributed by atoms with Gasteiger partial charge < -0.3 is 4.74 Å². The van der Waals surface area contributed by atoms with Gasteiger partial charge in [-0.1, -0.05) is 13.8 Å². The summed E-state index contributed by atoms with van der Waals surface area (Å²) in [5.74, 6) is -0.00891. The van der Waals surface area contributed by atoms with Crippen molar-refractivity contribution < 1.29 is 17.9 Å². The second-order valence-corrected chi connectivity index (χ2v) is 3.84. The van der Waals surface area contributed by atoms with Crippen molar-refractivity contribution in [3.8, 4) is 0 Å². The van der Waals surface area contributed by atoms with Crippen molar-refractivity contribution in [3.63, 3.8) is 0 Å². The SMILES string of the molecule is CC(C)CC(OC(C)C)C(F)(F)F. The van der Waals surface area contributed by atoms with Gasteiger partial charge in [-0.2, -0.15) is 13.2 Å². The first-order valence-corrected chi connectivity index (χ1v) is 4.45. The predicted octanol–water partition coefficient (Wildman–Crippen LogP) is 3.39. The molecule has 1 nitrogen and oxygen atoms in total. The van der Waals surface area contributed by atoms with Gasteiger partial charge in [-0.05, 0) is 26.2 Å². The summed E-state index contributed by atoms with van der Waals surface area (Å²) < 4.78 is 41.7. The third-order valence-electron chi connectivity index (χ3n) is 1.49. The van der Waals surface area contributed by atoms with Crippen LogP contribution in [0.2, 0.25) is 0 Å². The minimum absolute atomic E-state index is 0.00891. The van der Waals surface area contributed by atoms with Crippen LogP contribution in [0.25, 0.3) is 0 Å². The zero-order valence-electron chi connectivity index (χ0n) is 8.48. The van der Waals surface area contributed by atoms with Crippen molar-refractivity contribution in [1.82, 2.24) is 0 Å². The molecule has 4 heteroatoms. The Bertz CT molecular complexity index is 130. The Balaban J connectivity index is 4.20. The van der Waals surface area contributed by atoms with Gasteiger partial charge in [-0.15, -0.1) is 0 Å². The van der Waals surface area contributed by atoms with Crippen LogP contribution in [0.5, 0.6) is 0 Å². The van der Waals surface area contributed by atoms with E-state index >= 15 is 0 Å². The Labute approximate surface area is 77.3 Å². The van der Waals surface area contributed by atoms with Crippen molar-refractivity contribution >= 4 is 0 Å². The van der Waals surface area contributed by atoms with Gasteiger partial charge in [0.1, 0.15) is 0 Å². The molecule has 0 aliphatic rings. The Kier molecular flexibility index (Phi) is 4.75. The number of alkyl halides is 3. The van der Waals surface area contributed by atoms with E-state index in [-0.39, 0.29) is 18.4 Å². The summed E-state index contributed by atoms with van der Waals surface area (Å²) in [7, 11) is 0. The van der Waals surface area contributed by atoms with Crippen LogP contribution < -0.4 is 0 Å². The first-order chi connectivity index (χ1) is 5.73. The summed E-state index contributed by atoms with van der Waals surface area (Å²) in [6, 6.07) is 0. The van der Waals surface area contributed by atoms with E-state index < -0.39 is 12.3 Å². The van der Waals surface area contributed by atoms with E-state index in [1.807, 2.05) is 0 Å². The van der Waals surface area contributed by atoms with Crippen LogP contribution in [0, 0.1) is 5.92 Å². The molecule has 0 saturated heterocycles. The van der Waals surface area contributed by atoms with Gasteiger partial charge in [0.15, 0.2) is 6.10 Å². The molecule has 80 valence electrons. The lowest BCUT2D eigenvalue weighted by atomic mass is 10.1. The lowest BCUT2D eigenvalue weighted by molar-refractivity contribution is -0.233. The van der Waals surface area contributed by atoms with Crippen molar-refractivity contribution in [2.45, 2.75) is 52.5 Å². The average Bonchev–Trinajstić information content (AvgIpc) is 1.81. The van der Waals surface area contributed by atoms with Crippen molar-refractivity contribution in [2.75, 3.05) is 0 Å².